The molecule has 0 atom stereocenters. The summed E-state index contributed by atoms with van der Waals surface area (Å²) in [4.78, 5) is 13.7. The number of hydrogen-bond acceptors (Lipinski definition) is 5. The summed E-state index contributed by atoms with van der Waals surface area (Å²) in [5.41, 5.74) is 8.70. The lowest BCUT2D eigenvalue weighted by Crippen LogP contribution is -2.16. The molecule has 0 spiro atoms. The highest BCUT2D eigenvalue weighted by atomic mass is 35.5. The van der Waals surface area contributed by atoms with Gasteiger partial charge in [0.1, 0.15) is 0 Å². The Hall–Kier alpha value is -2.51. The largest absolute Gasteiger partial charge is 0.382 e. The van der Waals surface area contributed by atoms with E-state index in [1.54, 1.807) is 23.9 Å². The molecule has 26 heavy (non-hydrogen) atoms. The van der Waals surface area contributed by atoms with E-state index in [2.05, 4.69) is 15.6 Å². The molecule has 3 N–H and O–H groups in total. The van der Waals surface area contributed by atoms with Gasteiger partial charge in [-0.25, -0.2) is 4.68 Å². The highest BCUT2D eigenvalue weighted by molar-refractivity contribution is 7.98. The molecular formula is C18H18ClN5OS. The minimum atomic E-state index is -0.420. The molecule has 0 aliphatic carbocycles. The molecule has 8 heteroatoms. The lowest BCUT2D eigenvalue weighted by molar-refractivity contribution is 0.102. The van der Waals surface area contributed by atoms with Crippen molar-refractivity contribution in [2.45, 2.75) is 18.4 Å². The average molecular weight is 388 g/mol. The Labute approximate surface area is 160 Å². The van der Waals surface area contributed by atoms with Crippen molar-refractivity contribution >= 4 is 40.8 Å². The van der Waals surface area contributed by atoms with E-state index in [1.165, 1.54) is 9.58 Å². The Morgan fingerprint density at radius 3 is 2.69 bits per heavy atom. The number of carbonyl (C=O) groups excluding carboxylic acids is 1. The van der Waals surface area contributed by atoms with Crippen LogP contribution in [0.3, 0.4) is 0 Å². The molecule has 0 bridgehead atoms. The van der Waals surface area contributed by atoms with Crippen molar-refractivity contribution in [3.63, 3.8) is 0 Å². The fourth-order valence-electron chi connectivity index (χ4n) is 2.41. The van der Waals surface area contributed by atoms with Gasteiger partial charge >= 0.3 is 0 Å². The Balaban J connectivity index is 1.77. The van der Waals surface area contributed by atoms with E-state index >= 15 is 0 Å². The molecule has 134 valence electrons. The number of anilines is 2. The standard InChI is InChI=1S/C18H18ClN5OS/c1-11-3-6-13(19)9-15(11)21-18(25)16-17(20)24(23-22-16)10-12-4-7-14(26-2)8-5-12/h3-9H,10,20H2,1-2H3,(H,21,25). The maximum absolute atomic E-state index is 12.5. The van der Waals surface area contributed by atoms with Crippen LogP contribution in [0.4, 0.5) is 11.5 Å². The summed E-state index contributed by atoms with van der Waals surface area (Å²) in [6, 6.07) is 13.3. The lowest BCUT2D eigenvalue weighted by atomic mass is 10.2. The molecule has 6 nitrogen and oxygen atoms in total. The fourth-order valence-corrected chi connectivity index (χ4v) is 2.99. The van der Waals surface area contributed by atoms with Gasteiger partial charge in [0.2, 0.25) is 0 Å². The second kappa shape index (κ2) is 7.80. The number of rotatable bonds is 5. The third kappa shape index (κ3) is 4.00. The van der Waals surface area contributed by atoms with Crippen LogP contribution in [-0.4, -0.2) is 27.2 Å². The van der Waals surface area contributed by atoms with Crippen LogP contribution in [0, 0.1) is 6.92 Å². The third-order valence-electron chi connectivity index (χ3n) is 3.93. The first-order chi connectivity index (χ1) is 12.5. The SMILES string of the molecule is CSc1ccc(Cn2nnc(C(=O)Nc3cc(Cl)ccc3C)c2N)cc1. The summed E-state index contributed by atoms with van der Waals surface area (Å²) < 4.78 is 1.51. The van der Waals surface area contributed by atoms with Gasteiger partial charge in [0.25, 0.3) is 5.91 Å². The van der Waals surface area contributed by atoms with Crippen LogP contribution in [0.5, 0.6) is 0 Å². The van der Waals surface area contributed by atoms with E-state index in [4.69, 9.17) is 17.3 Å². The smallest absolute Gasteiger partial charge is 0.280 e. The van der Waals surface area contributed by atoms with Gasteiger partial charge in [-0.15, -0.1) is 16.9 Å². The third-order valence-corrected chi connectivity index (χ3v) is 4.91. The van der Waals surface area contributed by atoms with Crippen molar-refractivity contribution in [1.82, 2.24) is 15.0 Å². The summed E-state index contributed by atoms with van der Waals surface area (Å²) in [5.74, 6) is -0.201. The van der Waals surface area contributed by atoms with Gasteiger partial charge < -0.3 is 11.1 Å². The molecule has 0 radical (unpaired) electrons. The summed E-state index contributed by atoms with van der Waals surface area (Å²) in [6.45, 7) is 2.32. The molecule has 0 saturated heterocycles. The highest BCUT2D eigenvalue weighted by Crippen LogP contribution is 2.22. The maximum atomic E-state index is 12.5. The monoisotopic (exact) mass is 387 g/mol. The van der Waals surface area contributed by atoms with Crippen molar-refractivity contribution in [3.05, 3.63) is 64.3 Å². The van der Waals surface area contributed by atoms with E-state index in [-0.39, 0.29) is 11.5 Å². The Morgan fingerprint density at radius 2 is 2.00 bits per heavy atom. The number of benzene rings is 2. The van der Waals surface area contributed by atoms with Gasteiger partial charge in [0.05, 0.1) is 6.54 Å². The van der Waals surface area contributed by atoms with Crippen LogP contribution in [-0.2, 0) is 6.54 Å². The molecule has 2 aromatic carbocycles. The van der Waals surface area contributed by atoms with Crippen LogP contribution >= 0.6 is 23.4 Å². The zero-order valence-electron chi connectivity index (χ0n) is 14.4. The minimum Gasteiger partial charge on any atom is -0.382 e. The van der Waals surface area contributed by atoms with E-state index in [0.29, 0.717) is 17.3 Å². The van der Waals surface area contributed by atoms with Gasteiger partial charge in [-0.2, -0.15) is 0 Å². The average Bonchev–Trinajstić information content (AvgIpc) is 2.99. The van der Waals surface area contributed by atoms with Gasteiger partial charge in [0.15, 0.2) is 11.5 Å². The van der Waals surface area contributed by atoms with Crippen molar-refractivity contribution in [1.29, 1.82) is 0 Å². The van der Waals surface area contributed by atoms with Gasteiger partial charge in [-0.05, 0) is 48.6 Å². The second-order valence-electron chi connectivity index (χ2n) is 5.74. The number of carbonyl (C=O) groups is 1. The van der Waals surface area contributed by atoms with Crippen LogP contribution in [0.15, 0.2) is 47.4 Å². The Bertz CT molecular complexity index is 939. The molecular weight excluding hydrogens is 370 g/mol. The van der Waals surface area contributed by atoms with Crippen LogP contribution in [0.2, 0.25) is 5.02 Å². The summed E-state index contributed by atoms with van der Waals surface area (Å²) in [5, 5.41) is 11.3. The van der Waals surface area contributed by atoms with E-state index in [9.17, 15) is 4.79 Å². The molecule has 3 rings (SSSR count). The van der Waals surface area contributed by atoms with Crippen molar-refractivity contribution in [2.24, 2.45) is 0 Å². The number of aryl methyl sites for hydroxylation is 1. The molecule has 0 aliphatic rings. The Morgan fingerprint density at radius 1 is 1.27 bits per heavy atom. The zero-order chi connectivity index (χ0) is 18.7. The van der Waals surface area contributed by atoms with Crippen LogP contribution < -0.4 is 11.1 Å². The van der Waals surface area contributed by atoms with E-state index in [0.717, 1.165) is 11.1 Å². The molecule has 0 unspecified atom stereocenters. The number of amides is 1. The molecule has 1 amide bonds. The number of nitrogens with zero attached hydrogens (tertiary/aromatic N) is 3. The summed E-state index contributed by atoms with van der Waals surface area (Å²) in [7, 11) is 0. The normalized spacial score (nSPS) is 10.7. The second-order valence-corrected chi connectivity index (χ2v) is 7.06. The van der Waals surface area contributed by atoms with Gasteiger partial charge in [0, 0.05) is 15.6 Å². The van der Waals surface area contributed by atoms with E-state index in [1.807, 2.05) is 43.5 Å². The van der Waals surface area contributed by atoms with Crippen LogP contribution in [0.1, 0.15) is 21.6 Å². The summed E-state index contributed by atoms with van der Waals surface area (Å²) in [6.07, 6.45) is 2.02. The first kappa shape index (κ1) is 18.3. The maximum Gasteiger partial charge on any atom is 0.280 e. The first-order valence-electron chi connectivity index (χ1n) is 7.87. The molecule has 0 aliphatic heterocycles. The van der Waals surface area contributed by atoms with Crippen molar-refractivity contribution < 1.29 is 4.79 Å². The number of aromatic nitrogens is 3. The zero-order valence-corrected chi connectivity index (χ0v) is 15.9. The molecule has 1 heterocycles. The Kier molecular flexibility index (Phi) is 5.49. The number of hydrogen-bond donors (Lipinski definition) is 2. The van der Waals surface area contributed by atoms with E-state index < -0.39 is 5.91 Å². The minimum absolute atomic E-state index is 0.0881. The molecule has 3 aromatic rings. The predicted molar refractivity (Wildman–Crippen MR) is 106 cm³/mol. The molecule has 0 saturated carbocycles. The van der Waals surface area contributed by atoms with Crippen LogP contribution in [0.25, 0.3) is 0 Å². The van der Waals surface area contributed by atoms with Gasteiger partial charge in [-0.3, -0.25) is 4.79 Å². The highest BCUT2D eigenvalue weighted by Gasteiger charge is 2.18. The number of nitrogens with one attached hydrogen (secondary N) is 1. The fraction of sp³-hybridized carbons (Fsp3) is 0.167. The van der Waals surface area contributed by atoms with Gasteiger partial charge in [-0.1, -0.05) is 35.0 Å². The first-order valence-corrected chi connectivity index (χ1v) is 9.47. The number of nitrogen functional groups attached to an aromatic ring is 1. The lowest BCUT2D eigenvalue weighted by Gasteiger charge is -2.08. The van der Waals surface area contributed by atoms with Crippen molar-refractivity contribution in [2.75, 3.05) is 17.3 Å². The molecule has 0 fully saturated rings. The summed E-state index contributed by atoms with van der Waals surface area (Å²) >= 11 is 7.66. The number of nitrogens with two attached hydrogens (primary N) is 1. The predicted octanol–water partition coefficient (Wildman–Crippen LogP) is 3.84. The van der Waals surface area contributed by atoms with Crippen molar-refractivity contribution in [3.8, 4) is 0 Å². The molecule has 1 aromatic heterocycles. The topological polar surface area (TPSA) is 85.8 Å². The quantitative estimate of drug-likeness (QED) is 0.649. The number of halogens is 1. The number of thioether (sulfide) groups is 1.